The van der Waals surface area contributed by atoms with Gasteiger partial charge in [0.05, 0.1) is 11.7 Å². The van der Waals surface area contributed by atoms with E-state index in [-0.39, 0.29) is 11.9 Å². The third kappa shape index (κ3) is 5.30. The summed E-state index contributed by atoms with van der Waals surface area (Å²) in [6.45, 7) is 2.45. The lowest BCUT2D eigenvalue weighted by Crippen LogP contribution is -2.27. The van der Waals surface area contributed by atoms with Crippen molar-refractivity contribution in [2.45, 2.75) is 19.6 Å². The van der Waals surface area contributed by atoms with Gasteiger partial charge in [0, 0.05) is 19.3 Å². The van der Waals surface area contributed by atoms with Crippen LogP contribution in [0.3, 0.4) is 0 Å². The van der Waals surface area contributed by atoms with Gasteiger partial charge >= 0.3 is 0 Å². The van der Waals surface area contributed by atoms with Gasteiger partial charge in [-0.25, -0.2) is 0 Å². The van der Waals surface area contributed by atoms with Crippen molar-refractivity contribution in [2.24, 2.45) is 0 Å². The number of rotatable bonds is 7. The molecule has 0 N–H and O–H groups in total. The Labute approximate surface area is 166 Å². The molecule has 2 aromatic carbocycles. The first-order valence-electron chi connectivity index (χ1n) is 9.26. The third-order valence-electron chi connectivity index (χ3n) is 4.62. The molecular formula is C24H24N2O2. The number of carbonyl (C=O) groups is 1. The van der Waals surface area contributed by atoms with Crippen LogP contribution in [-0.4, -0.2) is 22.8 Å². The van der Waals surface area contributed by atoms with Gasteiger partial charge < -0.3 is 9.64 Å². The Bertz CT molecular complexity index is 906. The molecule has 0 bridgehead atoms. The molecule has 4 heteroatoms. The summed E-state index contributed by atoms with van der Waals surface area (Å²) in [5.41, 5.74) is 2.94. The van der Waals surface area contributed by atoms with Crippen molar-refractivity contribution in [3.8, 4) is 5.75 Å². The van der Waals surface area contributed by atoms with Crippen LogP contribution in [-0.2, 0) is 11.4 Å². The van der Waals surface area contributed by atoms with Gasteiger partial charge in [0.2, 0.25) is 5.91 Å². The monoisotopic (exact) mass is 372 g/mol. The van der Waals surface area contributed by atoms with Crippen LogP contribution in [0.25, 0.3) is 6.08 Å². The first kappa shape index (κ1) is 19.4. The average Bonchev–Trinajstić information content (AvgIpc) is 2.77. The van der Waals surface area contributed by atoms with Crippen LogP contribution < -0.4 is 4.74 Å². The Hall–Kier alpha value is -3.40. The molecule has 4 nitrogen and oxygen atoms in total. The highest BCUT2D eigenvalue weighted by atomic mass is 16.5. The quantitative estimate of drug-likeness (QED) is 0.554. The lowest BCUT2D eigenvalue weighted by atomic mass is 10.1. The third-order valence-corrected chi connectivity index (χ3v) is 4.62. The highest BCUT2D eigenvalue weighted by molar-refractivity contribution is 5.91. The van der Waals surface area contributed by atoms with Crippen LogP contribution in [0.1, 0.15) is 29.8 Å². The minimum absolute atomic E-state index is 0.0146. The van der Waals surface area contributed by atoms with Crippen molar-refractivity contribution in [3.63, 3.8) is 0 Å². The largest absolute Gasteiger partial charge is 0.487 e. The number of likely N-dealkylation sites (N-methyl/N-ethyl adjacent to an activating group) is 1. The number of amides is 1. The van der Waals surface area contributed by atoms with E-state index in [4.69, 9.17) is 4.74 Å². The van der Waals surface area contributed by atoms with E-state index in [9.17, 15) is 4.79 Å². The summed E-state index contributed by atoms with van der Waals surface area (Å²) in [5, 5.41) is 0. The van der Waals surface area contributed by atoms with Gasteiger partial charge in [-0.2, -0.15) is 0 Å². The Kier molecular flexibility index (Phi) is 6.58. The van der Waals surface area contributed by atoms with Gasteiger partial charge in [0.25, 0.3) is 0 Å². The number of ether oxygens (including phenoxy) is 1. The maximum atomic E-state index is 12.5. The molecule has 0 fully saturated rings. The predicted molar refractivity (Wildman–Crippen MR) is 112 cm³/mol. The second-order valence-corrected chi connectivity index (χ2v) is 6.55. The molecule has 3 rings (SSSR count). The molecular weight excluding hydrogens is 348 g/mol. The fourth-order valence-electron chi connectivity index (χ4n) is 2.75. The lowest BCUT2D eigenvalue weighted by molar-refractivity contribution is -0.126. The van der Waals surface area contributed by atoms with Gasteiger partial charge in [-0.15, -0.1) is 0 Å². The molecule has 1 amide bonds. The van der Waals surface area contributed by atoms with Gasteiger partial charge in [-0.1, -0.05) is 48.5 Å². The molecule has 1 aromatic heterocycles. The maximum Gasteiger partial charge on any atom is 0.246 e. The fourth-order valence-corrected chi connectivity index (χ4v) is 2.75. The SMILES string of the molecule is CC(c1ccccc1)N(C)C(=O)/C=C/c1ccc(OCc2ccccn2)cc1. The molecule has 28 heavy (non-hydrogen) atoms. The summed E-state index contributed by atoms with van der Waals surface area (Å²) in [4.78, 5) is 18.4. The first-order chi connectivity index (χ1) is 13.6. The van der Waals surface area contributed by atoms with Crippen molar-refractivity contribution < 1.29 is 9.53 Å². The molecule has 0 radical (unpaired) electrons. The number of aromatic nitrogens is 1. The molecule has 1 atom stereocenters. The summed E-state index contributed by atoms with van der Waals surface area (Å²) in [6, 6.07) is 23.4. The summed E-state index contributed by atoms with van der Waals surface area (Å²) in [7, 11) is 1.82. The van der Waals surface area contributed by atoms with Gasteiger partial charge in [0.1, 0.15) is 12.4 Å². The maximum absolute atomic E-state index is 12.5. The predicted octanol–water partition coefficient (Wildman–Crippen LogP) is 4.89. The van der Waals surface area contributed by atoms with E-state index in [1.165, 1.54) is 0 Å². The highest BCUT2D eigenvalue weighted by Crippen LogP contribution is 2.19. The van der Waals surface area contributed by atoms with Crippen molar-refractivity contribution in [1.29, 1.82) is 0 Å². The minimum Gasteiger partial charge on any atom is -0.487 e. The van der Waals surface area contributed by atoms with E-state index < -0.39 is 0 Å². The molecule has 0 spiro atoms. The number of pyridine rings is 1. The summed E-state index contributed by atoms with van der Waals surface area (Å²) in [5.74, 6) is 0.732. The van der Waals surface area contributed by atoms with E-state index in [0.29, 0.717) is 6.61 Å². The minimum atomic E-state index is -0.0353. The molecule has 0 saturated heterocycles. The van der Waals surface area contributed by atoms with Crippen LogP contribution in [0, 0.1) is 0 Å². The molecule has 0 aliphatic carbocycles. The van der Waals surface area contributed by atoms with Crippen LogP contribution in [0.2, 0.25) is 0 Å². The normalized spacial score (nSPS) is 11.9. The summed E-state index contributed by atoms with van der Waals surface area (Å²) >= 11 is 0. The first-order valence-corrected chi connectivity index (χ1v) is 9.26. The lowest BCUT2D eigenvalue weighted by Gasteiger charge is -2.24. The van der Waals surface area contributed by atoms with Crippen molar-refractivity contribution in [2.75, 3.05) is 7.05 Å². The second kappa shape index (κ2) is 9.51. The van der Waals surface area contributed by atoms with Gasteiger partial charge in [-0.3, -0.25) is 9.78 Å². The highest BCUT2D eigenvalue weighted by Gasteiger charge is 2.14. The Balaban J connectivity index is 1.55. The number of nitrogens with zero attached hydrogens (tertiary/aromatic N) is 2. The van der Waals surface area contributed by atoms with E-state index in [2.05, 4.69) is 4.98 Å². The van der Waals surface area contributed by atoms with E-state index >= 15 is 0 Å². The molecule has 3 aromatic rings. The molecule has 0 aliphatic heterocycles. The van der Waals surface area contributed by atoms with Crippen molar-refractivity contribution in [3.05, 3.63) is 102 Å². The van der Waals surface area contributed by atoms with Gasteiger partial charge in [-0.05, 0) is 48.4 Å². The molecule has 1 heterocycles. The van der Waals surface area contributed by atoms with Crippen LogP contribution in [0.15, 0.2) is 85.1 Å². The Morgan fingerprint density at radius 1 is 1.04 bits per heavy atom. The number of benzene rings is 2. The smallest absolute Gasteiger partial charge is 0.246 e. The number of hydrogen-bond acceptors (Lipinski definition) is 3. The topological polar surface area (TPSA) is 42.4 Å². The van der Waals surface area contributed by atoms with Crippen LogP contribution in [0.4, 0.5) is 0 Å². The van der Waals surface area contributed by atoms with E-state index in [1.54, 1.807) is 17.2 Å². The van der Waals surface area contributed by atoms with E-state index in [0.717, 1.165) is 22.6 Å². The zero-order chi connectivity index (χ0) is 19.8. The van der Waals surface area contributed by atoms with Gasteiger partial charge in [0.15, 0.2) is 0 Å². The molecule has 0 aliphatic rings. The van der Waals surface area contributed by atoms with E-state index in [1.807, 2.05) is 92.8 Å². The fraction of sp³-hybridized carbons (Fsp3) is 0.167. The zero-order valence-electron chi connectivity index (χ0n) is 16.2. The van der Waals surface area contributed by atoms with Crippen molar-refractivity contribution in [1.82, 2.24) is 9.88 Å². The standard InChI is InChI=1S/C24H24N2O2/c1-19(21-8-4-3-5-9-21)26(2)24(27)16-13-20-11-14-23(15-12-20)28-18-22-10-6-7-17-25-22/h3-17,19H,18H2,1-2H3/b16-13+. The molecule has 1 unspecified atom stereocenters. The van der Waals surface area contributed by atoms with Crippen molar-refractivity contribution >= 4 is 12.0 Å². The van der Waals surface area contributed by atoms with Crippen LogP contribution >= 0.6 is 0 Å². The number of carbonyl (C=O) groups excluding carboxylic acids is 1. The molecule has 0 saturated carbocycles. The number of hydrogen-bond donors (Lipinski definition) is 0. The Morgan fingerprint density at radius 3 is 2.43 bits per heavy atom. The van der Waals surface area contributed by atoms with Crippen LogP contribution in [0.5, 0.6) is 5.75 Å². The average molecular weight is 372 g/mol. The summed E-state index contributed by atoms with van der Waals surface area (Å²) in [6.07, 6.45) is 5.17. The second-order valence-electron chi connectivity index (χ2n) is 6.55. The zero-order valence-corrected chi connectivity index (χ0v) is 16.2. The summed E-state index contributed by atoms with van der Waals surface area (Å²) < 4.78 is 5.73. The molecule has 142 valence electrons. The Morgan fingerprint density at radius 2 is 1.75 bits per heavy atom.